The molecule has 0 radical (unpaired) electrons. The summed E-state index contributed by atoms with van der Waals surface area (Å²) < 4.78 is 0. The second-order valence-electron chi connectivity index (χ2n) is 2.17. The Bertz CT molecular complexity index is 147. The summed E-state index contributed by atoms with van der Waals surface area (Å²) in [5.41, 5.74) is 0. The van der Waals surface area contributed by atoms with Gasteiger partial charge < -0.3 is 15.7 Å². The molecule has 12 heavy (non-hydrogen) atoms. The van der Waals surface area contributed by atoms with Crippen LogP contribution in [0.2, 0.25) is 0 Å². The van der Waals surface area contributed by atoms with Crippen LogP contribution in [0.4, 0.5) is 0 Å². The van der Waals surface area contributed by atoms with Crippen molar-refractivity contribution in [2.75, 3.05) is 0 Å². The van der Waals surface area contributed by atoms with E-state index in [1.165, 1.54) is 6.92 Å². The fourth-order valence-electron chi connectivity index (χ4n) is 0.463. The zero-order valence-corrected chi connectivity index (χ0v) is 6.20. The van der Waals surface area contributed by atoms with Crippen molar-refractivity contribution in [1.82, 2.24) is 0 Å². The summed E-state index contributed by atoms with van der Waals surface area (Å²) in [6, 6.07) is 0. The molecule has 1 atom stereocenters. The zero-order valence-electron chi connectivity index (χ0n) is 6.20. The predicted octanol–water partition coefficient (Wildman–Crippen LogP) is -1.17. The van der Waals surface area contributed by atoms with Crippen molar-refractivity contribution < 1.29 is 25.3 Å². The Morgan fingerprint density at radius 1 is 1.33 bits per heavy atom. The molecule has 0 saturated heterocycles. The first-order chi connectivity index (χ1) is 4.54. The van der Waals surface area contributed by atoms with Gasteiger partial charge in [-0.3, -0.25) is 9.59 Å². The third-order valence-electron chi connectivity index (χ3n) is 1.21. The third-order valence-corrected chi connectivity index (χ3v) is 1.21. The number of carbonyl (C=O) groups is 2. The Balaban J connectivity index is -0.000000405. The van der Waals surface area contributed by atoms with E-state index in [1.807, 2.05) is 0 Å². The number of hydrogen-bond donors (Lipinski definition) is 2. The van der Waals surface area contributed by atoms with E-state index in [2.05, 4.69) is 0 Å². The van der Waals surface area contributed by atoms with Crippen molar-refractivity contribution in [2.45, 2.75) is 19.8 Å². The molecule has 70 valence electrons. The molecule has 0 spiro atoms. The van der Waals surface area contributed by atoms with Crippen LogP contribution in [0, 0.1) is 5.92 Å². The molecule has 0 saturated carbocycles. The van der Waals surface area contributed by atoms with Gasteiger partial charge in [0.2, 0.25) is 0 Å². The van der Waals surface area contributed by atoms with E-state index in [0.29, 0.717) is 0 Å². The quantitative estimate of drug-likeness (QED) is 0.616. The first kappa shape index (κ1) is 18.2. The first-order valence-corrected chi connectivity index (χ1v) is 2.98. The van der Waals surface area contributed by atoms with Gasteiger partial charge in [-0.05, 0) is 6.42 Å². The van der Waals surface area contributed by atoms with Crippen molar-refractivity contribution in [3.63, 3.8) is 0 Å². The fourth-order valence-corrected chi connectivity index (χ4v) is 0.463. The number of aliphatic carboxylic acids is 2. The van der Waals surface area contributed by atoms with Crippen molar-refractivity contribution in [3.05, 3.63) is 0 Å². The van der Waals surface area contributed by atoms with Gasteiger partial charge in [0, 0.05) is 6.42 Å². The molecule has 0 aromatic rings. The van der Waals surface area contributed by atoms with E-state index >= 15 is 0 Å². The van der Waals surface area contributed by atoms with Gasteiger partial charge in [0.1, 0.15) is 0 Å². The fraction of sp³-hybridized carbons (Fsp3) is 0.667. The van der Waals surface area contributed by atoms with Crippen LogP contribution in [-0.2, 0) is 9.59 Å². The summed E-state index contributed by atoms with van der Waals surface area (Å²) in [4.78, 5) is 20.1. The molecule has 0 amide bonds. The Morgan fingerprint density at radius 2 is 1.75 bits per heavy atom. The zero-order chi connectivity index (χ0) is 8.15. The molecule has 0 rings (SSSR count). The second-order valence-corrected chi connectivity index (χ2v) is 2.17. The van der Waals surface area contributed by atoms with Crippen LogP contribution in [0.1, 0.15) is 19.8 Å². The van der Waals surface area contributed by atoms with Crippen molar-refractivity contribution in [1.29, 1.82) is 0 Å². The molecule has 0 bridgehead atoms. The van der Waals surface area contributed by atoms with Crippen LogP contribution in [0.15, 0.2) is 0 Å². The average molecular weight is 254 g/mol. The summed E-state index contributed by atoms with van der Waals surface area (Å²) >= 11 is 0. The van der Waals surface area contributed by atoms with Gasteiger partial charge in [0.25, 0.3) is 0 Å². The van der Waals surface area contributed by atoms with E-state index < -0.39 is 17.9 Å². The van der Waals surface area contributed by atoms with Gasteiger partial charge in [-0.15, -0.1) is 0 Å². The summed E-state index contributed by atoms with van der Waals surface area (Å²) in [5, 5.41) is 16.5. The van der Waals surface area contributed by atoms with Crippen LogP contribution in [0.5, 0.6) is 0 Å². The summed E-state index contributed by atoms with van der Waals surface area (Å²) in [6.07, 6.45) is 0.123. The van der Waals surface area contributed by atoms with E-state index in [4.69, 9.17) is 10.2 Å². The molecular weight excluding hydrogens is 240 g/mol. The van der Waals surface area contributed by atoms with E-state index in [9.17, 15) is 9.59 Å². The molecule has 0 aromatic carbocycles. The van der Waals surface area contributed by atoms with Gasteiger partial charge in [0.15, 0.2) is 0 Å². The summed E-state index contributed by atoms with van der Waals surface area (Å²) in [7, 11) is 0. The molecular formula is C6H14O5Sr. The minimum absolute atomic E-state index is 0. The van der Waals surface area contributed by atoms with Gasteiger partial charge in [-0.2, -0.15) is 0 Å². The monoisotopic (exact) mass is 254 g/mol. The van der Waals surface area contributed by atoms with Gasteiger partial charge >= 0.3 is 57.4 Å². The van der Waals surface area contributed by atoms with Crippen LogP contribution in [0.3, 0.4) is 0 Å². The van der Waals surface area contributed by atoms with E-state index in [1.54, 1.807) is 0 Å². The SMILES string of the molecule is CC(CCC(=O)O)C(=O)O.O.[SrH2]. The van der Waals surface area contributed by atoms with Gasteiger partial charge in [-0.1, -0.05) is 6.92 Å². The van der Waals surface area contributed by atoms with E-state index in [0.717, 1.165) is 0 Å². The van der Waals surface area contributed by atoms with Crippen molar-refractivity contribution in [3.8, 4) is 0 Å². The maximum atomic E-state index is 10.1. The number of carboxylic acids is 2. The Morgan fingerprint density at radius 3 is 2.00 bits per heavy atom. The standard InChI is InChI=1S/C6H10O4.H2O.Sr.2H/c1-4(6(9)10)2-3-5(7)8;;;;/h4H,2-3H2,1H3,(H,7,8)(H,9,10);1H2;;;. The molecule has 0 fully saturated rings. The first-order valence-electron chi connectivity index (χ1n) is 2.98. The molecule has 6 heteroatoms. The third kappa shape index (κ3) is 10.4. The molecule has 0 heterocycles. The topological polar surface area (TPSA) is 106 Å². The average Bonchev–Trinajstić information content (AvgIpc) is 1.82. The number of carboxylic acid groups (broad SMARTS) is 2. The summed E-state index contributed by atoms with van der Waals surface area (Å²) in [6.45, 7) is 1.49. The van der Waals surface area contributed by atoms with Crippen LogP contribution < -0.4 is 0 Å². The van der Waals surface area contributed by atoms with Gasteiger partial charge in [0.05, 0.1) is 5.92 Å². The Hall–Kier alpha value is 0.381. The molecule has 0 aromatic heterocycles. The van der Waals surface area contributed by atoms with Gasteiger partial charge in [-0.25, -0.2) is 0 Å². The predicted molar refractivity (Wildman–Crippen MR) is 45.8 cm³/mol. The van der Waals surface area contributed by atoms with Crippen LogP contribution >= 0.6 is 0 Å². The molecule has 0 aliphatic rings. The van der Waals surface area contributed by atoms with Crippen LogP contribution in [0.25, 0.3) is 0 Å². The number of hydrogen-bond acceptors (Lipinski definition) is 2. The van der Waals surface area contributed by atoms with Crippen LogP contribution in [-0.4, -0.2) is 73.1 Å². The van der Waals surface area contributed by atoms with E-state index in [-0.39, 0.29) is 63.8 Å². The van der Waals surface area contributed by atoms with Crippen molar-refractivity contribution >= 4 is 57.4 Å². The second kappa shape index (κ2) is 9.47. The maximum absolute atomic E-state index is 10.1. The number of rotatable bonds is 4. The Kier molecular flexibility index (Phi) is 14.4. The Labute approximate surface area is 107 Å². The minimum atomic E-state index is -0.951. The normalized spacial score (nSPS) is 10.4. The summed E-state index contributed by atoms with van der Waals surface area (Å²) in [5.74, 6) is -2.45. The molecule has 0 aliphatic carbocycles. The molecule has 0 aliphatic heterocycles. The molecule has 4 N–H and O–H groups in total. The molecule has 5 nitrogen and oxygen atoms in total. The van der Waals surface area contributed by atoms with Crippen molar-refractivity contribution in [2.24, 2.45) is 5.92 Å². The molecule has 1 unspecified atom stereocenters.